The number of carbonyl (C=O) groups excluding carboxylic acids is 1. The third kappa shape index (κ3) is 3.18. The average molecular weight is 301 g/mol. The van der Waals surface area contributed by atoms with Crippen LogP contribution in [-0.2, 0) is 17.8 Å². The molecule has 1 aromatic rings. The van der Waals surface area contributed by atoms with Gasteiger partial charge in [-0.05, 0) is 49.8 Å². The molecule has 1 amide bonds. The molecule has 22 heavy (non-hydrogen) atoms. The summed E-state index contributed by atoms with van der Waals surface area (Å²) in [6.45, 7) is 4.53. The van der Waals surface area contributed by atoms with Crippen LogP contribution in [0.3, 0.4) is 0 Å². The highest BCUT2D eigenvalue weighted by Crippen LogP contribution is 2.25. The van der Waals surface area contributed by atoms with Crippen molar-refractivity contribution in [2.45, 2.75) is 51.2 Å². The molecular formula is C18H27N3O. The number of hydrogen-bond acceptors (Lipinski definition) is 3. The van der Waals surface area contributed by atoms with E-state index in [-0.39, 0.29) is 18.0 Å². The number of nitrogens with zero attached hydrogens (tertiary/aromatic N) is 1. The van der Waals surface area contributed by atoms with Crippen molar-refractivity contribution in [1.82, 2.24) is 10.2 Å². The third-order valence-electron chi connectivity index (χ3n) is 5.38. The second-order valence-electron chi connectivity index (χ2n) is 6.71. The van der Waals surface area contributed by atoms with Crippen LogP contribution in [0.2, 0.25) is 0 Å². The van der Waals surface area contributed by atoms with Gasteiger partial charge in [-0.25, -0.2) is 0 Å². The van der Waals surface area contributed by atoms with E-state index in [0.717, 1.165) is 32.4 Å². The van der Waals surface area contributed by atoms with Crippen LogP contribution in [0.5, 0.6) is 0 Å². The van der Waals surface area contributed by atoms with Crippen molar-refractivity contribution in [1.29, 1.82) is 0 Å². The maximum atomic E-state index is 12.6. The summed E-state index contributed by atoms with van der Waals surface area (Å²) in [7, 11) is 0. The predicted molar refractivity (Wildman–Crippen MR) is 88.3 cm³/mol. The van der Waals surface area contributed by atoms with E-state index < -0.39 is 0 Å². The first kappa shape index (κ1) is 15.5. The minimum absolute atomic E-state index is 0.0765. The Hall–Kier alpha value is -1.39. The molecule has 1 aliphatic carbocycles. The first-order valence-electron chi connectivity index (χ1n) is 8.50. The monoisotopic (exact) mass is 301 g/mol. The first-order chi connectivity index (χ1) is 10.7. The lowest BCUT2D eigenvalue weighted by Gasteiger charge is -2.34. The summed E-state index contributed by atoms with van der Waals surface area (Å²) in [6.07, 6.45) is 4.43. The fourth-order valence-corrected chi connectivity index (χ4v) is 3.83. The molecule has 4 heteroatoms. The van der Waals surface area contributed by atoms with Gasteiger partial charge >= 0.3 is 0 Å². The first-order valence-corrected chi connectivity index (χ1v) is 8.50. The lowest BCUT2D eigenvalue weighted by Crippen LogP contribution is -2.50. The van der Waals surface area contributed by atoms with Gasteiger partial charge in [0.15, 0.2) is 0 Å². The molecule has 0 saturated heterocycles. The van der Waals surface area contributed by atoms with E-state index in [1.807, 2.05) is 6.92 Å². The Morgan fingerprint density at radius 2 is 2.14 bits per heavy atom. The van der Waals surface area contributed by atoms with Crippen molar-refractivity contribution in [2.24, 2.45) is 11.7 Å². The second-order valence-corrected chi connectivity index (χ2v) is 6.71. The van der Waals surface area contributed by atoms with Crippen LogP contribution < -0.4 is 11.1 Å². The van der Waals surface area contributed by atoms with Gasteiger partial charge in [-0.3, -0.25) is 9.69 Å². The zero-order valence-corrected chi connectivity index (χ0v) is 13.4. The van der Waals surface area contributed by atoms with Gasteiger partial charge in [0.2, 0.25) is 5.91 Å². The molecule has 1 saturated carbocycles. The molecule has 120 valence electrons. The number of amides is 1. The highest BCUT2D eigenvalue weighted by Gasteiger charge is 2.31. The quantitative estimate of drug-likeness (QED) is 0.889. The Labute approximate surface area is 133 Å². The van der Waals surface area contributed by atoms with Crippen LogP contribution in [0, 0.1) is 5.92 Å². The molecule has 3 N–H and O–H groups in total. The van der Waals surface area contributed by atoms with Gasteiger partial charge in [-0.1, -0.05) is 30.7 Å². The Balaban J connectivity index is 1.60. The van der Waals surface area contributed by atoms with E-state index in [1.165, 1.54) is 17.5 Å². The van der Waals surface area contributed by atoms with Gasteiger partial charge in [0, 0.05) is 19.1 Å². The van der Waals surface area contributed by atoms with E-state index in [1.54, 1.807) is 0 Å². The normalized spacial score (nSPS) is 26.5. The van der Waals surface area contributed by atoms with E-state index in [2.05, 4.69) is 34.5 Å². The summed E-state index contributed by atoms with van der Waals surface area (Å²) in [5.41, 5.74) is 8.59. The van der Waals surface area contributed by atoms with E-state index >= 15 is 0 Å². The van der Waals surface area contributed by atoms with Crippen LogP contribution >= 0.6 is 0 Å². The highest BCUT2D eigenvalue weighted by molar-refractivity contribution is 5.81. The fraction of sp³-hybridized carbons (Fsp3) is 0.611. The van der Waals surface area contributed by atoms with Gasteiger partial charge in [-0.2, -0.15) is 0 Å². The summed E-state index contributed by atoms with van der Waals surface area (Å²) < 4.78 is 0. The molecule has 1 aromatic carbocycles. The van der Waals surface area contributed by atoms with Crippen molar-refractivity contribution >= 4 is 5.91 Å². The minimum Gasteiger partial charge on any atom is -0.352 e. The standard InChI is InChI=1S/C18H27N3O/c1-13(18(22)20-17-8-4-7-15(17)11-19)21-10-9-14-5-2-3-6-16(14)12-21/h2-3,5-6,13,15,17H,4,7-12,19H2,1H3,(H,20,22). The molecule has 3 rings (SSSR count). The maximum absolute atomic E-state index is 12.6. The molecule has 1 heterocycles. The zero-order valence-electron chi connectivity index (χ0n) is 13.4. The molecule has 0 aromatic heterocycles. The van der Waals surface area contributed by atoms with Crippen LogP contribution in [-0.4, -0.2) is 36.0 Å². The lowest BCUT2D eigenvalue weighted by molar-refractivity contribution is -0.127. The number of nitrogens with one attached hydrogen (secondary N) is 1. The van der Waals surface area contributed by atoms with Crippen LogP contribution in [0.1, 0.15) is 37.3 Å². The van der Waals surface area contributed by atoms with Gasteiger partial charge in [0.25, 0.3) is 0 Å². The van der Waals surface area contributed by atoms with Crippen LogP contribution in [0.15, 0.2) is 24.3 Å². The Morgan fingerprint density at radius 3 is 2.91 bits per heavy atom. The zero-order chi connectivity index (χ0) is 15.5. The molecule has 3 atom stereocenters. The Bertz CT molecular complexity index is 531. The molecule has 3 unspecified atom stereocenters. The van der Waals surface area contributed by atoms with Crippen molar-refractivity contribution in [2.75, 3.05) is 13.1 Å². The van der Waals surface area contributed by atoms with Crippen molar-refractivity contribution in [3.8, 4) is 0 Å². The van der Waals surface area contributed by atoms with Gasteiger partial charge in [0.1, 0.15) is 0 Å². The summed E-state index contributed by atoms with van der Waals surface area (Å²) in [4.78, 5) is 14.9. The maximum Gasteiger partial charge on any atom is 0.237 e. The second kappa shape index (κ2) is 6.80. The van der Waals surface area contributed by atoms with Crippen LogP contribution in [0.25, 0.3) is 0 Å². The smallest absolute Gasteiger partial charge is 0.237 e. The Morgan fingerprint density at radius 1 is 1.36 bits per heavy atom. The van der Waals surface area contributed by atoms with Crippen molar-refractivity contribution in [3.63, 3.8) is 0 Å². The number of carbonyl (C=O) groups is 1. The molecule has 1 aliphatic heterocycles. The van der Waals surface area contributed by atoms with E-state index in [0.29, 0.717) is 12.5 Å². The number of nitrogens with two attached hydrogens (primary N) is 1. The van der Waals surface area contributed by atoms with E-state index in [4.69, 9.17) is 5.73 Å². The lowest BCUT2D eigenvalue weighted by atomic mass is 9.98. The van der Waals surface area contributed by atoms with Crippen LogP contribution in [0.4, 0.5) is 0 Å². The summed E-state index contributed by atoms with van der Waals surface area (Å²) >= 11 is 0. The minimum atomic E-state index is -0.0765. The largest absolute Gasteiger partial charge is 0.352 e. The number of hydrogen-bond donors (Lipinski definition) is 2. The highest BCUT2D eigenvalue weighted by atomic mass is 16.2. The van der Waals surface area contributed by atoms with Crippen molar-refractivity contribution in [3.05, 3.63) is 35.4 Å². The van der Waals surface area contributed by atoms with Gasteiger partial charge in [-0.15, -0.1) is 0 Å². The van der Waals surface area contributed by atoms with Gasteiger partial charge in [0.05, 0.1) is 6.04 Å². The fourth-order valence-electron chi connectivity index (χ4n) is 3.83. The molecular weight excluding hydrogens is 274 g/mol. The summed E-state index contributed by atoms with van der Waals surface area (Å²) in [5.74, 6) is 0.614. The number of benzene rings is 1. The molecule has 1 fully saturated rings. The van der Waals surface area contributed by atoms with Gasteiger partial charge < -0.3 is 11.1 Å². The van der Waals surface area contributed by atoms with Crippen molar-refractivity contribution < 1.29 is 4.79 Å². The Kier molecular flexibility index (Phi) is 4.79. The SMILES string of the molecule is CC(C(=O)NC1CCCC1CN)N1CCc2ccccc2C1. The number of rotatable bonds is 4. The molecule has 0 radical (unpaired) electrons. The third-order valence-corrected chi connectivity index (χ3v) is 5.38. The molecule has 0 spiro atoms. The molecule has 2 aliphatic rings. The summed E-state index contributed by atoms with van der Waals surface area (Å²) in [5, 5.41) is 3.24. The predicted octanol–water partition coefficient (Wildman–Crippen LogP) is 1.68. The topological polar surface area (TPSA) is 58.4 Å². The van der Waals surface area contributed by atoms with E-state index in [9.17, 15) is 4.79 Å². The molecule has 0 bridgehead atoms. The molecule has 4 nitrogen and oxygen atoms in total. The number of fused-ring (bicyclic) bond motifs is 1. The average Bonchev–Trinajstić information content (AvgIpc) is 3.00. The summed E-state index contributed by atoms with van der Waals surface area (Å²) in [6, 6.07) is 8.74.